The summed E-state index contributed by atoms with van der Waals surface area (Å²) >= 11 is 0. The molecule has 2 aliphatic heterocycles. The normalized spacial score (nSPS) is 16.3. The van der Waals surface area contributed by atoms with Gasteiger partial charge in [-0.15, -0.1) is 20.5 Å². The molecule has 51 heavy (non-hydrogen) atoms. The first-order valence-electron chi connectivity index (χ1n) is 16.7. The minimum Gasteiger partial charge on any atom is -0.489 e. The minimum absolute atomic E-state index is 0.0950. The molecular formula is C37H40N4O10. The van der Waals surface area contributed by atoms with Crippen molar-refractivity contribution >= 4 is 22.7 Å². The molecule has 0 aliphatic carbocycles. The lowest BCUT2D eigenvalue weighted by molar-refractivity contribution is 0.0273. The number of benzene rings is 4. The summed E-state index contributed by atoms with van der Waals surface area (Å²) in [6, 6.07) is 25.4. The van der Waals surface area contributed by atoms with E-state index < -0.39 is 0 Å². The maximum absolute atomic E-state index is 6.02. The second kappa shape index (κ2) is 19.8. The molecule has 0 saturated heterocycles. The molecule has 6 rings (SSSR count). The van der Waals surface area contributed by atoms with Gasteiger partial charge in [0.1, 0.15) is 72.2 Å². The van der Waals surface area contributed by atoms with E-state index in [2.05, 4.69) is 20.5 Å². The van der Waals surface area contributed by atoms with Gasteiger partial charge in [0.05, 0.1) is 52.9 Å². The zero-order chi connectivity index (χ0) is 34.8. The fraction of sp³-hybridized carbons (Fsp3) is 0.351. The molecule has 0 atom stereocenters. The number of hydrogen-bond acceptors (Lipinski definition) is 14. The summed E-state index contributed by atoms with van der Waals surface area (Å²) < 4.78 is 58.0. The van der Waals surface area contributed by atoms with Crippen LogP contribution in [0.4, 0.5) is 22.7 Å². The Bertz CT molecular complexity index is 1610. The smallest absolute Gasteiger partial charge is 0.230 e. The van der Waals surface area contributed by atoms with Crippen molar-refractivity contribution in [1.82, 2.24) is 0 Å². The topological polar surface area (TPSA) is 142 Å². The molecule has 0 N–H and O–H groups in total. The molecule has 0 spiro atoms. The molecule has 0 fully saturated rings. The molecule has 0 amide bonds. The van der Waals surface area contributed by atoms with E-state index >= 15 is 0 Å². The molecule has 4 aromatic carbocycles. The molecule has 2 heterocycles. The van der Waals surface area contributed by atoms with Crippen molar-refractivity contribution in [3.8, 4) is 34.5 Å². The summed E-state index contributed by atoms with van der Waals surface area (Å²) in [5.74, 6) is 3.16. The van der Waals surface area contributed by atoms with Gasteiger partial charge in [0.2, 0.25) is 6.79 Å². The highest BCUT2D eigenvalue weighted by atomic mass is 16.7. The highest BCUT2D eigenvalue weighted by molar-refractivity contribution is 5.58. The molecule has 0 bridgehead atoms. The molecule has 0 saturated carbocycles. The van der Waals surface area contributed by atoms with E-state index in [0.717, 1.165) is 0 Å². The Labute approximate surface area is 295 Å². The van der Waals surface area contributed by atoms with E-state index in [-0.39, 0.29) is 6.79 Å². The van der Waals surface area contributed by atoms with Crippen LogP contribution in [0.25, 0.3) is 0 Å². The van der Waals surface area contributed by atoms with Gasteiger partial charge in [-0.25, -0.2) is 0 Å². The molecule has 0 radical (unpaired) electrons. The number of para-hydroxylation sites is 2. The first-order chi connectivity index (χ1) is 25.3. The molecule has 14 heteroatoms. The predicted molar refractivity (Wildman–Crippen MR) is 185 cm³/mol. The lowest BCUT2D eigenvalue weighted by Crippen LogP contribution is -2.13. The standard InChI is InChI=1S/C37H40N4O10/c1-3-7-34-30(5-1)38-40-32-11-9-28(25-36(32)48-23-19-44-15-13-42-17-21-46-34)50-27-51-29-10-12-33-37(26-29)49-24-20-45-16-14-43-18-22-47-35-8-4-2-6-31(35)39-41-33/h1-12,25-26H,13-24,27H2. The molecule has 268 valence electrons. The van der Waals surface area contributed by atoms with Gasteiger partial charge in [0.15, 0.2) is 11.5 Å². The summed E-state index contributed by atoms with van der Waals surface area (Å²) in [5.41, 5.74) is 2.21. The van der Waals surface area contributed by atoms with E-state index in [1.807, 2.05) is 48.5 Å². The lowest BCUT2D eigenvalue weighted by atomic mass is 10.3. The van der Waals surface area contributed by atoms with Crippen LogP contribution in [0.3, 0.4) is 0 Å². The number of nitrogens with zero attached hydrogens (tertiary/aromatic N) is 4. The Hall–Kier alpha value is -5.28. The number of rotatable bonds is 4. The molecule has 0 aromatic heterocycles. The van der Waals surface area contributed by atoms with Crippen LogP contribution in [0, 0.1) is 0 Å². The van der Waals surface area contributed by atoms with Crippen LogP contribution in [0.15, 0.2) is 105 Å². The van der Waals surface area contributed by atoms with E-state index in [0.29, 0.717) is 137 Å². The largest absolute Gasteiger partial charge is 0.489 e. The number of hydrogen-bond donors (Lipinski definition) is 0. The van der Waals surface area contributed by atoms with E-state index in [1.54, 1.807) is 36.4 Å². The van der Waals surface area contributed by atoms with Crippen LogP contribution in [0.1, 0.15) is 0 Å². The minimum atomic E-state index is -0.0950. The summed E-state index contributed by atoms with van der Waals surface area (Å²) in [7, 11) is 0. The predicted octanol–water partition coefficient (Wildman–Crippen LogP) is 7.54. The first-order valence-corrected chi connectivity index (χ1v) is 16.7. The van der Waals surface area contributed by atoms with Gasteiger partial charge in [-0.3, -0.25) is 0 Å². The number of fused-ring (bicyclic) bond motifs is 4. The highest BCUT2D eigenvalue weighted by Gasteiger charge is 2.11. The van der Waals surface area contributed by atoms with Gasteiger partial charge >= 0.3 is 0 Å². The van der Waals surface area contributed by atoms with Gasteiger partial charge in [-0.2, -0.15) is 0 Å². The Balaban J connectivity index is 1.13. The SMILES string of the molecule is c1ccc2c(c1)N=Nc1ccc(OCOc3ccc4c(c3)OCCOCCOCCOc3ccccc3N=N4)cc1OCCOCCOCCO2. The molecular weight excluding hydrogens is 660 g/mol. The third-order valence-electron chi connectivity index (χ3n) is 7.26. The van der Waals surface area contributed by atoms with E-state index in [4.69, 9.17) is 47.4 Å². The zero-order valence-corrected chi connectivity index (χ0v) is 28.1. The van der Waals surface area contributed by atoms with Crippen LogP contribution in [-0.4, -0.2) is 86.1 Å². The van der Waals surface area contributed by atoms with Crippen molar-refractivity contribution in [1.29, 1.82) is 0 Å². The Kier molecular flexibility index (Phi) is 13.8. The molecule has 0 unspecified atom stereocenters. The Morgan fingerprint density at radius 2 is 0.706 bits per heavy atom. The summed E-state index contributed by atoms with van der Waals surface area (Å²) in [6.07, 6.45) is 0. The average molecular weight is 701 g/mol. The van der Waals surface area contributed by atoms with Gasteiger partial charge in [0.25, 0.3) is 0 Å². The first kappa shape index (κ1) is 35.5. The highest BCUT2D eigenvalue weighted by Crippen LogP contribution is 2.37. The molecule has 2 aliphatic rings. The third-order valence-corrected chi connectivity index (χ3v) is 7.26. The quantitative estimate of drug-likeness (QED) is 0.196. The van der Waals surface area contributed by atoms with Gasteiger partial charge < -0.3 is 47.4 Å². The van der Waals surface area contributed by atoms with Gasteiger partial charge in [-0.1, -0.05) is 24.3 Å². The summed E-state index contributed by atoms with van der Waals surface area (Å²) in [4.78, 5) is 0. The zero-order valence-electron chi connectivity index (χ0n) is 28.1. The summed E-state index contributed by atoms with van der Waals surface area (Å²) in [6.45, 7) is 4.66. The van der Waals surface area contributed by atoms with E-state index in [9.17, 15) is 0 Å². The van der Waals surface area contributed by atoms with Crippen molar-refractivity contribution in [2.24, 2.45) is 20.5 Å². The molecule has 14 nitrogen and oxygen atoms in total. The fourth-order valence-corrected chi connectivity index (χ4v) is 4.76. The second-order valence-corrected chi connectivity index (χ2v) is 10.8. The monoisotopic (exact) mass is 700 g/mol. The van der Waals surface area contributed by atoms with Crippen molar-refractivity contribution in [3.05, 3.63) is 84.9 Å². The van der Waals surface area contributed by atoms with Crippen molar-refractivity contribution in [2.45, 2.75) is 0 Å². The summed E-state index contributed by atoms with van der Waals surface area (Å²) in [5, 5.41) is 17.7. The van der Waals surface area contributed by atoms with Crippen molar-refractivity contribution in [3.63, 3.8) is 0 Å². The van der Waals surface area contributed by atoms with Crippen LogP contribution in [0.2, 0.25) is 0 Å². The number of azo groups is 2. The van der Waals surface area contributed by atoms with Crippen LogP contribution in [0.5, 0.6) is 34.5 Å². The van der Waals surface area contributed by atoms with E-state index in [1.165, 1.54) is 0 Å². The average Bonchev–Trinajstić information content (AvgIpc) is 3.15. The van der Waals surface area contributed by atoms with Crippen LogP contribution >= 0.6 is 0 Å². The maximum atomic E-state index is 6.02. The third kappa shape index (κ3) is 11.4. The van der Waals surface area contributed by atoms with Gasteiger partial charge in [-0.05, 0) is 48.5 Å². The Morgan fingerprint density at radius 3 is 1.12 bits per heavy atom. The fourth-order valence-electron chi connectivity index (χ4n) is 4.76. The lowest BCUT2D eigenvalue weighted by Gasteiger charge is -2.14. The number of ether oxygens (including phenoxy) is 10. The van der Waals surface area contributed by atoms with Crippen molar-refractivity contribution < 1.29 is 47.4 Å². The van der Waals surface area contributed by atoms with Gasteiger partial charge in [0, 0.05) is 12.1 Å². The molecule has 4 aromatic rings. The maximum Gasteiger partial charge on any atom is 0.230 e. The van der Waals surface area contributed by atoms with Crippen LogP contribution in [-0.2, 0) is 18.9 Å². The van der Waals surface area contributed by atoms with Crippen molar-refractivity contribution in [2.75, 3.05) is 86.1 Å². The van der Waals surface area contributed by atoms with Crippen LogP contribution < -0.4 is 28.4 Å². The second-order valence-electron chi connectivity index (χ2n) is 10.8. The Morgan fingerprint density at radius 1 is 0.373 bits per heavy atom.